The van der Waals surface area contributed by atoms with E-state index in [-0.39, 0.29) is 10.4 Å². The van der Waals surface area contributed by atoms with Gasteiger partial charge in [-0.25, -0.2) is 9.97 Å². The van der Waals surface area contributed by atoms with E-state index in [0.717, 1.165) is 38.9 Å². The summed E-state index contributed by atoms with van der Waals surface area (Å²) in [5, 5.41) is 20.9. The van der Waals surface area contributed by atoms with Crippen LogP contribution in [0.3, 0.4) is 0 Å². The Balaban J connectivity index is 1.25. The van der Waals surface area contributed by atoms with Crippen molar-refractivity contribution in [1.29, 1.82) is 5.26 Å². The van der Waals surface area contributed by atoms with E-state index in [4.69, 9.17) is 0 Å². The highest BCUT2D eigenvalue weighted by atomic mass is 32.1. The lowest BCUT2D eigenvalue weighted by Crippen LogP contribution is -2.20. The molecule has 5 heterocycles. The molecule has 0 spiro atoms. The molecule has 0 aliphatic rings. The summed E-state index contributed by atoms with van der Waals surface area (Å²) in [6.45, 7) is 2.79. The van der Waals surface area contributed by atoms with Gasteiger partial charge in [0.15, 0.2) is 0 Å². The van der Waals surface area contributed by atoms with Gasteiger partial charge in [0.05, 0.1) is 31.1 Å². The van der Waals surface area contributed by atoms with Crippen LogP contribution in [0.15, 0.2) is 66.1 Å². The number of fused-ring (bicyclic) bond motifs is 2. The molecule has 0 unspecified atom stereocenters. The maximum atomic E-state index is 13.0. The minimum atomic E-state index is -4.32. The van der Waals surface area contributed by atoms with E-state index in [9.17, 15) is 23.2 Å². The second-order valence-corrected chi connectivity index (χ2v) is 10.7. The first-order valence-electron chi connectivity index (χ1n) is 12.5. The van der Waals surface area contributed by atoms with Gasteiger partial charge < -0.3 is 14.5 Å². The van der Waals surface area contributed by atoms with Crippen molar-refractivity contribution in [3.63, 3.8) is 0 Å². The highest BCUT2D eigenvalue weighted by molar-refractivity contribution is 7.18. The molecule has 0 saturated heterocycles. The molecule has 0 aliphatic carbocycles. The number of nitriles is 1. The Morgan fingerprint density at radius 1 is 1.12 bits per heavy atom. The third-order valence-corrected chi connectivity index (χ3v) is 7.87. The molecule has 41 heavy (non-hydrogen) atoms. The summed E-state index contributed by atoms with van der Waals surface area (Å²) in [4.78, 5) is 21.9. The second-order valence-electron chi connectivity index (χ2n) is 9.57. The van der Waals surface area contributed by atoms with Gasteiger partial charge in [-0.15, -0.1) is 11.3 Å². The van der Waals surface area contributed by atoms with Gasteiger partial charge >= 0.3 is 6.18 Å². The fourth-order valence-electron chi connectivity index (χ4n) is 4.83. The monoisotopic (exact) mass is 574 g/mol. The number of pyridine rings is 1. The molecule has 0 fully saturated rings. The topological polar surface area (TPSA) is 117 Å². The van der Waals surface area contributed by atoms with Gasteiger partial charge in [0.25, 0.3) is 5.56 Å². The molecule has 6 aromatic rings. The Hall–Kier alpha value is -4.96. The quantitative estimate of drug-likeness (QED) is 0.254. The lowest BCUT2D eigenvalue weighted by molar-refractivity contribution is -0.126. The van der Waals surface area contributed by atoms with Crippen LogP contribution in [0, 0.1) is 18.3 Å². The molecule has 0 atom stereocenters. The molecule has 0 radical (unpaired) electrons. The van der Waals surface area contributed by atoms with Crippen LogP contribution in [0.25, 0.3) is 21.1 Å². The number of anilines is 2. The van der Waals surface area contributed by atoms with Crippen LogP contribution in [0.2, 0.25) is 0 Å². The minimum absolute atomic E-state index is 0.137. The number of aromatic nitrogens is 6. The molecule has 0 amide bonds. The van der Waals surface area contributed by atoms with Crippen molar-refractivity contribution in [3.8, 4) is 6.07 Å². The number of nitrogens with zero attached hydrogens (tertiary/aromatic N) is 6. The third kappa shape index (κ3) is 5.29. The normalized spacial score (nSPS) is 11.8. The van der Waals surface area contributed by atoms with Crippen LogP contribution in [-0.2, 0) is 19.5 Å². The third-order valence-electron chi connectivity index (χ3n) is 6.83. The average Bonchev–Trinajstić information content (AvgIpc) is 3.66. The molecule has 6 rings (SSSR count). The number of H-pyrrole nitrogens is 1. The highest BCUT2D eigenvalue weighted by Gasteiger charge is 2.29. The number of rotatable bonds is 7. The SMILES string of the molecule is Cc1c(Cn2ccc(Nc3ncnc4sc(CC(F)(F)F)cc34)cc2=O)ccc2c1cc(C#N)n2Cc1cn[nH]c1. The summed E-state index contributed by atoms with van der Waals surface area (Å²) in [6.07, 6.45) is 1.08. The molecular formula is C28H21F3N8OS. The fraction of sp³-hybridized carbons (Fsp3) is 0.179. The average molecular weight is 575 g/mol. The molecule has 1 aromatic carbocycles. The van der Waals surface area contributed by atoms with Crippen LogP contribution in [0.4, 0.5) is 24.7 Å². The number of alkyl halides is 3. The zero-order valence-electron chi connectivity index (χ0n) is 21.5. The second kappa shape index (κ2) is 10.2. The number of aromatic amines is 1. The minimum Gasteiger partial charge on any atom is -0.339 e. The van der Waals surface area contributed by atoms with E-state index in [1.54, 1.807) is 29.2 Å². The first kappa shape index (κ1) is 26.3. The van der Waals surface area contributed by atoms with Crippen molar-refractivity contribution < 1.29 is 13.2 Å². The number of thiophene rings is 1. The van der Waals surface area contributed by atoms with Crippen LogP contribution < -0.4 is 10.9 Å². The standard InChI is InChI=1S/C28H21F3N8OS/c1-16-18(2-3-24-22(16)7-20(10-32)39(24)13-17-11-35-36-12-17)14-38-5-4-19(6-25(38)40)37-26-23-8-21(9-28(29,30)31)41-27(23)34-15-33-26/h2-8,11-12,15H,9,13-14H2,1H3,(H,35,36)(H,33,34,37). The number of halogens is 3. The van der Waals surface area contributed by atoms with Crippen LogP contribution in [0.5, 0.6) is 0 Å². The van der Waals surface area contributed by atoms with E-state index in [1.807, 2.05) is 29.7 Å². The Kier molecular flexibility index (Phi) is 6.55. The van der Waals surface area contributed by atoms with E-state index < -0.39 is 12.6 Å². The van der Waals surface area contributed by atoms with Crippen LogP contribution in [0.1, 0.15) is 27.3 Å². The predicted octanol–water partition coefficient (Wildman–Crippen LogP) is 5.66. The Labute approximate surface area is 234 Å². The number of hydrogen-bond donors (Lipinski definition) is 2. The van der Waals surface area contributed by atoms with Gasteiger partial charge in [-0.1, -0.05) is 6.07 Å². The summed E-state index contributed by atoms with van der Waals surface area (Å²) in [5.41, 5.74) is 4.48. The van der Waals surface area contributed by atoms with Crippen molar-refractivity contribution in [2.24, 2.45) is 0 Å². The van der Waals surface area contributed by atoms with Crippen LogP contribution in [-0.4, -0.2) is 35.5 Å². The van der Waals surface area contributed by atoms with Crippen molar-refractivity contribution in [2.45, 2.75) is 32.6 Å². The molecule has 5 aromatic heterocycles. The first-order chi connectivity index (χ1) is 19.7. The largest absolute Gasteiger partial charge is 0.393 e. The Morgan fingerprint density at radius 2 is 1.98 bits per heavy atom. The van der Waals surface area contributed by atoms with Crippen LogP contribution >= 0.6 is 11.3 Å². The van der Waals surface area contributed by atoms with Gasteiger partial charge in [0.2, 0.25) is 0 Å². The number of nitrogens with one attached hydrogen (secondary N) is 2. The lowest BCUT2D eigenvalue weighted by atomic mass is 10.0. The maximum Gasteiger partial charge on any atom is 0.393 e. The molecular weight excluding hydrogens is 553 g/mol. The summed E-state index contributed by atoms with van der Waals surface area (Å²) >= 11 is 0.962. The van der Waals surface area contributed by atoms with Gasteiger partial charge in [-0.3, -0.25) is 9.89 Å². The molecule has 0 aliphatic heterocycles. The number of hydrogen-bond acceptors (Lipinski definition) is 7. The predicted molar refractivity (Wildman–Crippen MR) is 149 cm³/mol. The van der Waals surface area contributed by atoms with Gasteiger partial charge in [0.1, 0.15) is 28.7 Å². The number of aryl methyl sites for hydroxylation is 1. The van der Waals surface area contributed by atoms with E-state index in [1.165, 1.54) is 18.5 Å². The fourth-order valence-corrected chi connectivity index (χ4v) is 5.85. The van der Waals surface area contributed by atoms with Gasteiger partial charge in [0, 0.05) is 45.5 Å². The van der Waals surface area contributed by atoms with Crippen molar-refractivity contribution in [3.05, 3.63) is 98.9 Å². The first-order valence-corrected chi connectivity index (χ1v) is 13.3. The van der Waals surface area contributed by atoms with E-state index in [2.05, 4.69) is 31.6 Å². The molecule has 206 valence electrons. The zero-order chi connectivity index (χ0) is 28.7. The zero-order valence-corrected chi connectivity index (χ0v) is 22.3. The van der Waals surface area contributed by atoms with Crippen molar-refractivity contribution in [2.75, 3.05) is 5.32 Å². The van der Waals surface area contributed by atoms with Crippen molar-refractivity contribution >= 4 is 44.0 Å². The molecule has 2 N–H and O–H groups in total. The molecule has 9 nitrogen and oxygen atoms in total. The Morgan fingerprint density at radius 3 is 2.71 bits per heavy atom. The Bertz CT molecular complexity index is 2000. The summed E-state index contributed by atoms with van der Waals surface area (Å²) in [5.74, 6) is 0.325. The van der Waals surface area contributed by atoms with Crippen molar-refractivity contribution in [1.82, 2.24) is 29.3 Å². The summed E-state index contributed by atoms with van der Waals surface area (Å²) in [6, 6.07) is 12.6. The maximum absolute atomic E-state index is 13.0. The van der Waals surface area contributed by atoms with Gasteiger partial charge in [-0.2, -0.15) is 23.5 Å². The molecule has 13 heteroatoms. The lowest BCUT2D eigenvalue weighted by Gasteiger charge is -2.12. The van der Waals surface area contributed by atoms with E-state index >= 15 is 0 Å². The summed E-state index contributed by atoms with van der Waals surface area (Å²) < 4.78 is 42.1. The summed E-state index contributed by atoms with van der Waals surface area (Å²) in [7, 11) is 0. The molecule has 0 bridgehead atoms. The number of benzene rings is 1. The highest BCUT2D eigenvalue weighted by Crippen LogP contribution is 2.33. The van der Waals surface area contributed by atoms with Gasteiger partial charge in [-0.05, 0) is 42.3 Å². The molecule has 0 saturated carbocycles. The van der Waals surface area contributed by atoms with E-state index in [0.29, 0.717) is 40.5 Å². The smallest absolute Gasteiger partial charge is 0.339 e.